The number of hydrogen-bond donors (Lipinski definition) is 4. The van der Waals surface area contributed by atoms with Crippen LogP contribution < -0.4 is 16.0 Å². The topological polar surface area (TPSA) is 133 Å². The molecule has 0 bridgehead atoms. The van der Waals surface area contributed by atoms with E-state index in [1.807, 2.05) is 0 Å². The molecule has 2 heterocycles. The molecule has 2 aromatic rings. The number of likely N-dealkylation sites (tertiary alicyclic amines) is 1. The van der Waals surface area contributed by atoms with Gasteiger partial charge < -0.3 is 20.5 Å². The molecule has 1 saturated heterocycles. The van der Waals surface area contributed by atoms with Crippen LogP contribution in [0.15, 0.2) is 30.5 Å². The number of rotatable bonds is 7. The number of carbonyl (C=O) groups is 3. The van der Waals surface area contributed by atoms with E-state index in [2.05, 4.69) is 30.6 Å². The van der Waals surface area contributed by atoms with Crippen LogP contribution in [-0.2, 0) is 21.3 Å². The maximum atomic E-state index is 12.9. The number of benzene rings is 1. The Kier molecular flexibility index (Phi) is 8.76. The summed E-state index contributed by atoms with van der Waals surface area (Å²) in [6, 6.07) is 4.16. The minimum Gasteiger partial charge on any atom is -0.453 e. The molecule has 14 heteroatoms. The first-order valence-electron chi connectivity index (χ1n) is 12.5. The van der Waals surface area contributed by atoms with E-state index in [0.717, 1.165) is 44.0 Å². The van der Waals surface area contributed by atoms with E-state index in [-0.39, 0.29) is 24.2 Å². The number of halogens is 3. The third-order valence-electron chi connectivity index (χ3n) is 7.10. The summed E-state index contributed by atoms with van der Waals surface area (Å²) in [5.41, 5.74) is -2.12. The summed E-state index contributed by atoms with van der Waals surface area (Å²) >= 11 is 1.22. The largest absolute Gasteiger partial charge is 0.453 e. The van der Waals surface area contributed by atoms with Gasteiger partial charge in [0.15, 0.2) is 5.13 Å². The van der Waals surface area contributed by atoms with E-state index >= 15 is 0 Å². The summed E-state index contributed by atoms with van der Waals surface area (Å²) in [7, 11) is 1.26. The molecule has 3 amide bonds. The highest BCUT2D eigenvalue weighted by Gasteiger charge is 2.40. The molecule has 4 N–H and O–H groups in total. The van der Waals surface area contributed by atoms with Crippen LogP contribution in [0.2, 0.25) is 0 Å². The van der Waals surface area contributed by atoms with Crippen molar-refractivity contribution < 1.29 is 37.4 Å². The van der Waals surface area contributed by atoms with Crippen LogP contribution in [0.4, 0.5) is 23.1 Å². The third-order valence-corrected chi connectivity index (χ3v) is 8.21. The van der Waals surface area contributed by atoms with Gasteiger partial charge in [-0.1, -0.05) is 17.4 Å². The summed E-state index contributed by atoms with van der Waals surface area (Å²) < 4.78 is 43.2. The SMILES string of the molecule is COC(=O)Nc1ncc(C2(O)CCC(N3CC[C@@H](NC(=O)CNC(=O)c4cccc(C(F)(F)F)c4)C3)CC2)s1. The number of aromatic nitrogens is 1. The zero-order valence-electron chi connectivity index (χ0n) is 21.2. The Hall–Kier alpha value is -3.23. The van der Waals surface area contributed by atoms with Gasteiger partial charge in [-0.25, -0.2) is 9.78 Å². The molecule has 0 radical (unpaired) electrons. The number of alkyl halides is 3. The van der Waals surface area contributed by atoms with Gasteiger partial charge in [-0.2, -0.15) is 13.2 Å². The van der Waals surface area contributed by atoms with Gasteiger partial charge >= 0.3 is 12.3 Å². The normalized spacial score (nSPS) is 23.7. The fourth-order valence-electron chi connectivity index (χ4n) is 4.99. The lowest BCUT2D eigenvalue weighted by atomic mass is 9.81. The smallest absolute Gasteiger partial charge is 0.416 e. The Balaban J connectivity index is 1.21. The highest BCUT2D eigenvalue weighted by atomic mass is 32.1. The molecule has 0 spiro atoms. The summed E-state index contributed by atoms with van der Waals surface area (Å²) in [6.07, 6.45) is -0.314. The van der Waals surface area contributed by atoms with Crippen molar-refractivity contribution >= 4 is 34.4 Å². The molecule has 1 aromatic heterocycles. The van der Waals surface area contributed by atoms with Gasteiger partial charge in [0.2, 0.25) is 5.91 Å². The molecular weight excluding hydrogens is 539 g/mol. The summed E-state index contributed by atoms with van der Waals surface area (Å²) in [5, 5.41) is 19.3. The first-order chi connectivity index (χ1) is 18.5. The van der Waals surface area contributed by atoms with Gasteiger partial charge in [-0.05, 0) is 50.3 Å². The van der Waals surface area contributed by atoms with Gasteiger partial charge in [0, 0.05) is 36.9 Å². The zero-order chi connectivity index (χ0) is 28.2. The lowest BCUT2D eigenvalue weighted by Gasteiger charge is -2.39. The molecule has 0 unspecified atom stereocenters. The van der Waals surface area contributed by atoms with E-state index in [9.17, 15) is 32.7 Å². The van der Waals surface area contributed by atoms with Crippen molar-refractivity contribution in [2.45, 2.75) is 56.0 Å². The highest BCUT2D eigenvalue weighted by Crippen LogP contribution is 2.42. The number of nitrogens with one attached hydrogen (secondary N) is 3. The number of hydrogen-bond acceptors (Lipinski definition) is 8. The van der Waals surface area contributed by atoms with E-state index in [4.69, 9.17) is 0 Å². The molecule has 4 rings (SSSR count). The predicted octanol–water partition coefficient (Wildman–Crippen LogP) is 3.09. The molecule has 2 fully saturated rings. The van der Waals surface area contributed by atoms with Crippen LogP contribution in [0.1, 0.15) is 52.9 Å². The van der Waals surface area contributed by atoms with Gasteiger partial charge in [-0.15, -0.1) is 0 Å². The zero-order valence-corrected chi connectivity index (χ0v) is 22.0. The van der Waals surface area contributed by atoms with Gasteiger partial charge in [-0.3, -0.25) is 19.8 Å². The molecule has 1 atom stereocenters. The van der Waals surface area contributed by atoms with Crippen LogP contribution in [0.25, 0.3) is 0 Å². The van der Waals surface area contributed by atoms with Crippen molar-refractivity contribution in [3.8, 4) is 0 Å². The summed E-state index contributed by atoms with van der Waals surface area (Å²) in [6.45, 7) is 1.06. The summed E-state index contributed by atoms with van der Waals surface area (Å²) in [4.78, 5) is 43.1. The molecule has 2 aliphatic rings. The molecular formula is C25H30F3N5O5S. The van der Waals surface area contributed by atoms with Crippen molar-refractivity contribution in [2.75, 3.05) is 32.1 Å². The molecule has 39 heavy (non-hydrogen) atoms. The van der Waals surface area contributed by atoms with E-state index in [1.165, 1.54) is 24.5 Å². The van der Waals surface area contributed by atoms with Crippen LogP contribution in [0.3, 0.4) is 0 Å². The highest BCUT2D eigenvalue weighted by molar-refractivity contribution is 7.15. The minimum atomic E-state index is -4.56. The number of ether oxygens (including phenoxy) is 1. The average Bonchev–Trinajstić information content (AvgIpc) is 3.57. The number of amides is 3. The second kappa shape index (κ2) is 11.9. The van der Waals surface area contributed by atoms with E-state index in [1.54, 1.807) is 6.20 Å². The standard InChI is InChI=1S/C25H30F3N5O5S/c1-38-23(36)32-22-30-12-19(39-22)24(37)8-5-18(6-9-24)33-10-7-17(14-33)31-20(34)13-29-21(35)15-3-2-4-16(11-15)25(26,27)28/h2-4,11-12,17-18,37H,5-10,13-14H2,1H3,(H,29,35)(H,31,34)(H,30,32,36)/t17-,18?,24?/m1/s1. The monoisotopic (exact) mass is 569 g/mol. The lowest BCUT2D eigenvalue weighted by molar-refractivity contribution is -0.137. The Morgan fingerprint density at radius 3 is 2.67 bits per heavy atom. The predicted molar refractivity (Wildman–Crippen MR) is 136 cm³/mol. The number of anilines is 1. The van der Waals surface area contributed by atoms with Gasteiger partial charge in [0.25, 0.3) is 5.91 Å². The second-order valence-corrected chi connectivity index (χ2v) is 10.7. The lowest BCUT2D eigenvalue weighted by Crippen LogP contribution is -2.45. The number of aliphatic hydroxyl groups is 1. The Morgan fingerprint density at radius 1 is 1.23 bits per heavy atom. The van der Waals surface area contributed by atoms with Crippen molar-refractivity contribution in [3.05, 3.63) is 46.5 Å². The Bertz CT molecular complexity index is 1200. The van der Waals surface area contributed by atoms with Crippen LogP contribution in [-0.4, -0.2) is 71.7 Å². The quantitative estimate of drug-likeness (QED) is 0.403. The molecule has 1 aromatic carbocycles. The second-order valence-electron chi connectivity index (χ2n) is 9.72. The van der Waals surface area contributed by atoms with E-state index in [0.29, 0.717) is 29.4 Å². The first-order valence-corrected chi connectivity index (χ1v) is 13.3. The minimum absolute atomic E-state index is 0.114. The maximum Gasteiger partial charge on any atom is 0.416 e. The average molecular weight is 570 g/mol. The fourth-order valence-corrected chi connectivity index (χ4v) is 5.94. The number of carbonyl (C=O) groups excluding carboxylic acids is 3. The summed E-state index contributed by atoms with van der Waals surface area (Å²) in [5.74, 6) is -1.17. The maximum absolute atomic E-state index is 12.9. The molecule has 10 nitrogen and oxygen atoms in total. The molecule has 1 saturated carbocycles. The van der Waals surface area contributed by atoms with Crippen LogP contribution in [0, 0.1) is 0 Å². The van der Waals surface area contributed by atoms with Gasteiger partial charge in [0.05, 0.1) is 24.1 Å². The first kappa shape index (κ1) is 28.8. The molecule has 212 valence electrons. The number of thiazole rings is 1. The van der Waals surface area contributed by atoms with Crippen LogP contribution >= 0.6 is 11.3 Å². The van der Waals surface area contributed by atoms with E-state index < -0.39 is 35.2 Å². The van der Waals surface area contributed by atoms with Crippen molar-refractivity contribution in [1.82, 2.24) is 20.5 Å². The van der Waals surface area contributed by atoms with Crippen molar-refractivity contribution in [1.29, 1.82) is 0 Å². The van der Waals surface area contributed by atoms with Crippen LogP contribution in [0.5, 0.6) is 0 Å². The Labute approximate surface area is 226 Å². The fraction of sp³-hybridized carbons (Fsp3) is 0.520. The Morgan fingerprint density at radius 2 is 1.97 bits per heavy atom. The van der Waals surface area contributed by atoms with Crippen molar-refractivity contribution in [2.24, 2.45) is 0 Å². The van der Waals surface area contributed by atoms with Gasteiger partial charge in [0.1, 0.15) is 5.60 Å². The number of nitrogens with zero attached hydrogens (tertiary/aromatic N) is 2. The molecule has 1 aliphatic carbocycles. The molecule has 1 aliphatic heterocycles. The van der Waals surface area contributed by atoms with Crippen molar-refractivity contribution in [3.63, 3.8) is 0 Å². The third kappa shape index (κ3) is 7.25. The number of methoxy groups -OCH3 is 1.